The molecule has 0 aromatic heterocycles. The number of ketones is 3. The number of aliphatic hydroxyl groups is 3. The van der Waals surface area contributed by atoms with Gasteiger partial charge in [0.1, 0.15) is 30.1 Å². The first-order chi connectivity index (χ1) is 30.7. The van der Waals surface area contributed by atoms with E-state index in [0.29, 0.717) is 63.4 Å². The highest BCUT2D eigenvalue weighted by molar-refractivity contribution is 6.39. The minimum absolute atomic E-state index is 0.0193. The number of methoxy groups -OCH3 is 3. The van der Waals surface area contributed by atoms with Gasteiger partial charge in [0.05, 0.1) is 24.4 Å². The number of ether oxygens (including phenoxy) is 5. The molecule has 14 heteroatoms. The van der Waals surface area contributed by atoms with E-state index < -0.39 is 83.9 Å². The van der Waals surface area contributed by atoms with Crippen molar-refractivity contribution in [3.63, 3.8) is 0 Å². The average molecular weight is 914 g/mol. The lowest BCUT2D eigenvalue weighted by Gasteiger charge is -2.42. The van der Waals surface area contributed by atoms with Gasteiger partial charge >= 0.3 is 5.97 Å². The lowest BCUT2D eigenvalue weighted by molar-refractivity contribution is -0.265. The maximum absolute atomic E-state index is 14.4. The molecule has 0 spiro atoms. The zero-order valence-corrected chi connectivity index (χ0v) is 40.6. The molecule has 3 fully saturated rings. The molecular formula is C51H79NO13. The zero-order valence-electron chi connectivity index (χ0n) is 40.6. The molecule has 0 radical (unpaired) electrons. The van der Waals surface area contributed by atoms with Crippen molar-refractivity contribution in [3.8, 4) is 0 Å². The Balaban J connectivity index is 1.70. The summed E-state index contributed by atoms with van der Waals surface area (Å²) in [6, 6.07) is -1.14. The van der Waals surface area contributed by atoms with Crippen molar-refractivity contribution in [3.05, 3.63) is 47.6 Å². The van der Waals surface area contributed by atoms with Crippen LogP contribution >= 0.6 is 0 Å². The predicted octanol–water partition coefficient (Wildman–Crippen LogP) is 6.18. The van der Waals surface area contributed by atoms with Crippen LogP contribution in [-0.2, 0) is 47.7 Å². The van der Waals surface area contributed by atoms with E-state index >= 15 is 0 Å². The second-order valence-corrected chi connectivity index (χ2v) is 19.6. The van der Waals surface area contributed by atoms with E-state index in [1.165, 1.54) is 12.0 Å². The van der Waals surface area contributed by atoms with Crippen LogP contribution in [0.3, 0.4) is 0 Å². The van der Waals surface area contributed by atoms with E-state index in [4.69, 9.17) is 23.7 Å². The van der Waals surface area contributed by atoms with Crippen LogP contribution in [0.1, 0.15) is 126 Å². The maximum atomic E-state index is 14.4. The van der Waals surface area contributed by atoms with Crippen molar-refractivity contribution in [1.82, 2.24) is 4.90 Å². The number of esters is 1. The van der Waals surface area contributed by atoms with Crippen LogP contribution in [0.5, 0.6) is 0 Å². The predicted molar refractivity (Wildman–Crippen MR) is 245 cm³/mol. The van der Waals surface area contributed by atoms with Gasteiger partial charge in [-0.25, -0.2) is 4.79 Å². The highest BCUT2D eigenvalue weighted by Crippen LogP contribution is 2.38. The van der Waals surface area contributed by atoms with Crippen LogP contribution in [-0.4, -0.2) is 132 Å². The number of Topliss-reactive ketones (excluding diaryl/α,β-unsaturated/α-hetero) is 3. The van der Waals surface area contributed by atoms with Crippen molar-refractivity contribution < 1.29 is 63.0 Å². The van der Waals surface area contributed by atoms with Gasteiger partial charge < -0.3 is 43.9 Å². The third-order valence-electron chi connectivity index (χ3n) is 14.5. The Morgan fingerprint density at radius 1 is 0.846 bits per heavy atom. The van der Waals surface area contributed by atoms with Crippen molar-refractivity contribution in [1.29, 1.82) is 0 Å². The molecule has 65 heavy (non-hydrogen) atoms. The van der Waals surface area contributed by atoms with Crippen LogP contribution in [0, 0.1) is 35.5 Å². The minimum atomic E-state index is -2.43. The molecule has 3 aliphatic heterocycles. The topological polar surface area (TPSA) is 195 Å². The molecule has 0 aromatic rings. The molecule has 2 saturated heterocycles. The third-order valence-corrected chi connectivity index (χ3v) is 14.5. The number of nitrogens with zero attached hydrogens (tertiary/aromatic N) is 1. The number of piperidine rings is 1. The van der Waals surface area contributed by atoms with Gasteiger partial charge in [0.25, 0.3) is 11.7 Å². The molecular weight excluding hydrogens is 835 g/mol. The van der Waals surface area contributed by atoms with Gasteiger partial charge in [-0.05, 0) is 107 Å². The number of cyclic esters (lactones) is 1. The Kier molecular flexibility index (Phi) is 21.0. The molecule has 2 bridgehead atoms. The first-order valence-corrected chi connectivity index (χ1v) is 23.9. The SMILES string of the molecule is CO[C@H]1CC2CC[C@@H](C)[C@@](O)(O2)C(=O)C(=O)N2CCCCC2C(=O)O[C@H]([C@H](C)C[C@@H]2CC[C@@H](O)[C@H](OC)C2)CC(=O)[C@H](C)C=C(C)[C@@H](O)[C@@H](OC)C(=O)[C@H](C)C[C@H](C)C=CC=CC=C1C. The summed E-state index contributed by atoms with van der Waals surface area (Å²) in [7, 11) is 4.52. The molecule has 4 rings (SSSR count). The Morgan fingerprint density at radius 3 is 2.25 bits per heavy atom. The molecule has 366 valence electrons. The number of carbonyl (C=O) groups is 5. The maximum Gasteiger partial charge on any atom is 0.329 e. The van der Waals surface area contributed by atoms with Crippen molar-refractivity contribution in [2.24, 2.45) is 35.5 Å². The standard InChI is InChI=1S/C51H79NO13/c1-30-16-12-11-13-17-31(2)42(61-8)28-38-21-19-36(7)51(60,65-38)48(57)49(58)52-23-15-14-18-39(52)50(59)64-43(33(4)26-37-20-22-40(53)44(27-37)62-9)29-41(54)32(3)25-35(6)46(56)47(63-10)45(55)34(5)24-30/h11-13,16-17,25,30,32-34,36-40,42-44,46-47,53,56,60H,14-15,18-24,26-29H2,1-10H3/t30-,32-,33-,34-,36-,37+,38?,39?,40-,42+,43+,44-,46-,47+,51-/m1/s1. The van der Waals surface area contributed by atoms with Gasteiger partial charge in [-0.2, -0.15) is 0 Å². The highest BCUT2D eigenvalue weighted by atomic mass is 16.6. The molecule has 14 nitrogen and oxygen atoms in total. The number of allylic oxidation sites excluding steroid dienone is 6. The number of amides is 1. The summed E-state index contributed by atoms with van der Waals surface area (Å²) in [5, 5.41) is 33.8. The fraction of sp³-hybridized carbons (Fsp3) is 0.745. The summed E-state index contributed by atoms with van der Waals surface area (Å²) in [4.78, 5) is 71.8. The fourth-order valence-electron chi connectivity index (χ4n) is 10.1. The molecule has 1 aliphatic carbocycles. The second kappa shape index (κ2) is 25.1. The van der Waals surface area contributed by atoms with Gasteiger partial charge in [-0.15, -0.1) is 0 Å². The zero-order chi connectivity index (χ0) is 48.2. The number of hydrogen-bond acceptors (Lipinski definition) is 13. The van der Waals surface area contributed by atoms with E-state index in [-0.39, 0.29) is 54.8 Å². The number of fused-ring (bicyclic) bond motifs is 3. The van der Waals surface area contributed by atoms with Crippen LogP contribution in [0.15, 0.2) is 47.6 Å². The van der Waals surface area contributed by atoms with Crippen molar-refractivity contribution in [2.75, 3.05) is 27.9 Å². The Bertz CT molecular complexity index is 1760. The Morgan fingerprint density at radius 2 is 1.57 bits per heavy atom. The quantitative estimate of drug-likeness (QED) is 0.156. The first kappa shape index (κ1) is 54.2. The minimum Gasteiger partial charge on any atom is -0.460 e. The number of rotatable bonds is 6. The smallest absolute Gasteiger partial charge is 0.329 e. The van der Waals surface area contributed by atoms with E-state index in [0.717, 1.165) is 12.0 Å². The monoisotopic (exact) mass is 914 g/mol. The van der Waals surface area contributed by atoms with Gasteiger partial charge in [0, 0.05) is 58.5 Å². The largest absolute Gasteiger partial charge is 0.460 e. The van der Waals surface area contributed by atoms with E-state index in [9.17, 15) is 39.3 Å². The summed E-state index contributed by atoms with van der Waals surface area (Å²) < 4.78 is 29.4. The molecule has 3 N–H and O–H groups in total. The average Bonchev–Trinajstić information content (AvgIpc) is 3.28. The summed E-state index contributed by atoms with van der Waals surface area (Å²) in [6.07, 6.45) is 11.2. The summed E-state index contributed by atoms with van der Waals surface area (Å²) in [6.45, 7) is 12.7. The van der Waals surface area contributed by atoms with Crippen LogP contribution < -0.4 is 0 Å². The van der Waals surface area contributed by atoms with Gasteiger partial charge in [-0.3, -0.25) is 19.2 Å². The molecule has 2 unspecified atom stereocenters. The van der Waals surface area contributed by atoms with Crippen LogP contribution in [0.4, 0.5) is 0 Å². The Hall–Kier alpha value is -3.37. The number of aliphatic hydroxyl groups excluding tert-OH is 2. The summed E-state index contributed by atoms with van der Waals surface area (Å²) in [5.74, 6) is -7.96. The lowest BCUT2D eigenvalue weighted by atomic mass is 9.78. The summed E-state index contributed by atoms with van der Waals surface area (Å²) >= 11 is 0. The van der Waals surface area contributed by atoms with Gasteiger partial charge in [0.15, 0.2) is 5.78 Å². The van der Waals surface area contributed by atoms with Crippen molar-refractivity contribution >= 4 is 29.2 Å². The molecule has 4 aliphatic rings. The number of carbonyl (C=O) groups excluding carboxylic acids is 5. The molecule has 15 atom stereocenters. The van der Waals surface area contributed by atoms with Crippen LogP contribution in [0.2, 0.25) is 0 Å². The van der Waals surface area contributed by atoms with E-state index in [1.54, 1.807) is 41.1 Å². The van der Waals surface area contributed by atoms with E-state index in [1.807, 2.05) is 58.1 Å². The highest BCUT2D eigenvalue weighted by Gasteiger charge is 2.53. The fourth-order valence-corrected chi connectivity index (χ4v) is 10.1. The second-order valence-electron chi connectivity index (χ2n) is 19.6. The van der Waals surface area contributed by atoms with Crippen molar-refractivity contribution in [2.45, 2.75) is 180 Å². The molecule has 3 heterocycles. The molecule has 0 aromatic carbocycles. The first-order valence-electron chi connectivity index (χ1n) is 23.9. The van der Waals surface area contributed by atoms with Crippen LogP contribution in [0.25, 0.3) is 0 Å². The third kappa shape index (κ3) is 14.3. The van der Waals surface area contributed by atoms with Gasteiger partial charge in [-0.1, -0.05) is 71.1 Å². The molecule has 1 saturated carbocycles. The molecule has 1 amide bonds. The van der Waals surface area contributed by atoms with E-state index in [2.05, 4.69) is 0 Å². The Labute approximate surface area is 387 Å². The normalized spacial score (nSPS) is 37.8. The van der Waals surface area contributed by atoms with Gasteiger partial charge in [0.2, 0.25) is 5.79 Å². The summed E-state index contributed by atoms with van der Waals surface area (Å²) in [5.41, 5.74) is 1.27. The lowest BCUT2D eigenvalue weighted by Crippen LogP contribution is -2.61. The number of hydrogen-bond donors (Lipinski definition) is 3.